The summed E-state index contributed by atoms with van der Waals surface area (Å²) in [6, 6.07) is 7.27. The van der Waals surface area contributed by atoms with Gasteiger partial charge in [0.25, 0.3) is 0 Å². The highest BCUT2D eigenvalue weighted by molar-refractivity contribution is 5.90. The summed E-state index contributed by atoms with van der Waals surface area (Å²) in [5, 5.41) is 30.4. The van der Waals surface area contributed by atoms with E-state index in [1.54, 1.807) is 17.2 Å². The van der Waals surface area contributed by atoms with E-state index in [1.165, 1.54) is 28.0 Å². The number of carbonyl (C=O) groups excluding carboxylic acids is 2. The SMILES string of the molecule is N#CC1(c2ccc(-c3c(F)cc(N4C[C@@H](Cn5ccnn5)OC4=O)cc3F)cn2)[C@@H]2CN(C(=O)[C@@H]3C[C@@H](O)CN3)C[C@@H]21. The molecule has 3 aromatic rings. The van der Waals surface area contributed by atoms with Crippen LogP contribution in [0, 0.1) is 34.8 Å². The molecule has 3 saturated heterocycles. The van der Waals surface area contributed by atoms with E-state index in [0.29, 0.717) is 31.7 Å². The number of anilines is 1. The van der Waals surface area contributed by atoms with Crippen LogP contribution in [0.15, 0.2) is 42.9 Å². The van der Waals surface area contributed by atoms with Gasteiger partial charge in [0.2, 0.25) is 5.91 Å². The number of aromatic nitrogens is 4. The molecule has 3 aliphatic heterocycles. The number of amides is 2. The Morgan fingerprint density at radius 1 is 1.21 bits per heavy atom. The molecule has 216 valence electrons. The minimum Gasteiger partial charge on any atom is -0.442 e. The Balaban J connectivity index is 1.05. The summed E-state index contributed by atoms with van der Waals surface area (Å²) in [5.41, 5.74) is -0.442. The van der Waals surface area contributed by atoms with Gasteiger partial charge in [0.05, 0.1) is 54.4 Å². The van der Waals surface area contributed by atoms with Crippen LogP contribution in [0.4, 0.5) is 19.3 Å². The summed E-state index contributed by atoms with van der Waals surface area (Å²) >= 11 is 0. The summed E-state index contributed by atoms with van der Waals surface area (Å²) in [5.74, 6) is -1.98. The second kappa shape index (κ2) is 9.81. The summed E-state index contributed by atoms with van der Waals surface area (Å²) in [6.07, 6.45) is 3.01. The molecule has 2 aromatic heterocycles. The molecule has 7 rings (SSSR count). The number of fused-ring (bicyclic) bond motifs is 1. The molecule has 5 heterocycles. The molecular formula is C28H26F2N8O4. The average Bonchev–Trinajstić information content (AvgIpc) is 3.62. The Morgan fingerprint density at radius 2 is 1.98 bits per heavy atom. The van der Waals surface area contributed by atoms with Crippen LogP contribution in [0.5, 0.6) is 0 Å². The van der Waals surface area contributed by atoms with E-state index in [9.17, 15) is 20.0 Å². The highest BCUT2D eigenvalue weighted by Crippen LogP contribution is 2.62. The molecule has 2 amide bonds. The Morgan fingerprint density at radius 3 is 2.57 bits per heavy atom. The van der Waals surface area contributed by atoms with Crippen molar-refractivity contribution in [2.24, 2.45) is 11.8 Å². The van der Waals surface area contributed by atoms with E-state index >= 15 is 8.78 Å². The summed E-state index contributed by atoms with van der Waals surface area (Å²) in [7, 11) is 0. The van der Waals surface area contributed by atoms with E-state index in [2.05, 4.69) is 26.7 Å². The number of piperidine rings is 1. The van der Waals surface area contributed by atoms with Crippen LogP contribution in [0.1, 0.15) is 12.1 Å². The quantitative estimate of drug-likeness (QED) is 0.442. The van der Waals surface area contributed by atoms with Crippen LogP contribution in [0.2, 0.25) is 0 Å². The second-order valence-electron chi connectivity index (χ2n) is 11.2. The first kappa shape index (κ1) is 26.4. The van der Waals surface area contributed by atoms with Crippen LogP contribution in [0.25, 0.3) is 11.1 Å². The molecule has 12 nitrogen and oxygen atoms in total. The highest BCUT2D eigenvalue weighted by Gasteiger charge is 2.71. The van der Waals surface area contributed by atoms with Crippen LogP contribution >= 0.6 is 0 Å². The van der Waals surface area contributed by atoms with Crippen LogP contribution < -0.4 is 10.2 Å². The molecule has 2 N–H and O–H groups in total. The number of halogens is 2. The molecule has 4 fully saturated rings. The maximum Gasteiger partial charge on any atom is 0.414 e. The van der Waals surface area contributed by atoms with E-state index in [4.69, 9.17) is 4.74 Å². The third kappa shape index (κ3) is 4.19. The fourth-order valence-corrected chi connectivity index (χ4v) is 6.68. The first-order chi connectivity index (χ1) is 20.3. The number of nitrogens with zero attached hydrogens (tertiary/aromatic N) is 7. The standard InChI is InChI=1S/C28H26F2N8O4/c29-21-5-16(38-11-18(42-27(38)41)10-37-4-3-34-35-37)6-22(30)25(21)15-1-2-24(33-8-15)28(14-31)19-12-36(13-20(19)28)26(40)23-7-17(39)9-32-23/h1-6,8,17-20,23,32,39H,7,9-13H2/t17-,18-,19-,20+,23+,28?/m1/s1. The Kier molecular flexibility index (Phi) is 6.17. The summed E-state index contributed by atoms with van der Waals surface area (Å²) in [6.45, 7) is 1.56. The number of cyclic esters (lactones) is 1. The summed E-state index contributed by atoms with van der Waals surface area (Å²) < 4.78 is 37.4. The first-order valence-electron chi connectivity index (χ1n) is 13.7. The zero-order valence-electron chi connectivity index (χ0n) is 22.2. The minimum absolute atomic E-state index is 0.0278. The third-order valence-corrected chi connectivity index (χ3v) is 8.83. The Labute approximate surface area is 238 Å². The Hall–Kier alpha value is -4.48. The van der Waals surface area contributed by atoms with Gasteiger partial charge >= 0.3 is 6.09 Å². The third-order valence-electron chi connectivity index (χ3n) is 8.83. The average molecular weight is 577 g/mol. The number of aliphatic hydroxyl groups is 1. The lowest BCUT2D eigenvalue weighted by Crippen LogP contribution is -2.44. The monoisotopic (exact) mass is 576 g/mol. The number of pyridine rings is 1. The lowest BCUT2D eigenvalue weighted by molar-refractivity contribution is -0.132. The number of likely N-dealkylation sites (tertiary alicyclic amines) is 1. The van der Waals surface area contributed by atoms with E-state index < -0.39 is 41.4 Å². The van der Waals surface area contributed by atoms with Gasteiger partial charge in [-0.15, -0.1) is 5.10 Å². The fourth-order valence-electron chi connectivity index (χ4n) is 6.68. The highest BCUT2D eigenvalue weighted by atomic mass is 19.1. The van der Waals surface area contributed by atoms with Gasteiger partial charge in [-0.1, -0.05) is 11.3 Å². The number of aliphatic hydroxyl groups excluding tert-OH is 1. The van der Waals surface area contributed by atoms with Gasteiger partial charge in [-0.3, -0.25) is 14.7 Å². The molecule has 0 spiro atoms. The smallest absolute Gasteiger partial charge is 0.414 e. The minimum atomic E-state index is -0.870. The maximum absolute atomic E-state index is 15.3. The lowest BCUT2D eigenvalue weighted by Gasteiger charge is -2.25. The number of hydrogen-bond acceptors (Lipinski definition) is 9. The number of β-amino-alcohol motifs (C(OH)–C–C–N with tert-alkyl or cyclic N) is 1. The van der Waals surface area contributed by atoms with Gasteiger partial charge in [-0.25, -0.2) is 18.3 Å². The topological polar surface area (TPSA) is 149 Å². The molecule has 0 bridgehead atoms. The molecule has 1 unspecified atom stereocenters. The second-order valence-corrected chi connectivity index (χ2v) is 11.2. The van der Waals surface area contributed by atoms with Gasteiger partial charge in [0.1, 0.15) is 23.2 Å². The predicted molar refractivity (Wildman–Crippen MR) is 140 cm³/mol. The van der Waals surface area contributed by atoms with Crippen molar-refractivity contribution in [3.05, 3.63) is 60.2 Å². The number of nitriles is 1. The molecule has 6 atom stereocenters. The van der Waals surface area contributed by atoms with E-state index in [1.807, 2.05) is 0 Å². The molecule has 4 aliphatic rings. The number of hydrogen-bond donors (Lipinski definition) is 2. The number of benzene rings is 1. The van der Waals surface area contributed by atoms with Crippen molar-refractivity contribution < 1.29 is 28.2 Å². The predicted octanol–water partition coefficient (Wildman–Crippen LogP) is 1.22. The van der Waals surface area contributed by atoms with Crippen molar-refractivity contribution in [2.45, 2.75) is 36.6 Å². The van der Waals surface area contributed by atoms with Crippen LogP contribution in [-0.2, 0) is 21.5 Å². The van der Waals surface area contributed by atoms with E-state index in [-0.39, 0.29) is 47.6 Å². The fraction of sp³-hybridized carbons (Fsp3) is 0.429. The van der Waals surface area contributed by atoms with Crippen molar-refractivity contribution in [1.82, 2.24) is 30.2 Å². The normalized spacial score (nSPS) is 29.9. The zero-order valence-corrected chi connectivity index (χ0v) is 22.2. The number of rotatable bonds is 6. The molecule has 42 heavy (non-hydrogen) atoms. The molecule has 14 heteroatoms. The molecule has 1 aromatic carbocycles. The van der Waals surface area contributed by atoms with Gasteiger partial charge in [0, 0.05) is 49.4 Å². The molecule has 0 radical (unpaired) electrons. The van der Waals surface area contributed by atoms with Crippen molar-refractivity contribution in [3.8, 4) is 17.2 Å². The van der Waals surface area contributed by atoms with Gasteiger partial charge in [-0.05, 0) is 24.6 Å². The van der Waals surface area contributed by atoms with Crippen molar-refractivity contribution in [1.29, 1.82) is 5.26 Å². The summed E-state index contributed by atoms with van der Waals surface area (Å²) in [4.78, 5) is 32.6. The number of ether oxygens (including phenoxy) is 1. The van der Waals surface area contributed by atoms with Gasteiger partial charge < -0.3 is 20.1 Å². The number of nitrogens with one attached hydrogen (secondary N) is 1. The number of carbonyl (C=O) groups is 2. The van der Waals surface area contributed by atoms with Crippen molar-refractivity contribution in [3.63, 3.8) is 0 Å². The molecule has 1 saturated carbocycles. The maximum atomic E-state index is 15.3. The van der Waals surface area contributed by atoms with Crippen molar-refractivity contribution in [2.75, 3.05) is 31.1 Å². The zero-order chi connectivity index (χ0) is 29.2. The molecular weight excluding hydrogens is 550 g/mol. The van der Waals surface area contributed by atoms with E-state index in [0.717, 1.165) is 12.1 Å². The molecule has 1 aliphatic carbocycles. The first-order valence-corrected chi connectivity index (χ1v) is 13.7. The largest absolute Gasteiger partial charge is 0.442 e. The van der Waals surface area contributed by atoms with Gasteiger partial charge in [-0.2, -0.15) is 5.26 Å². The van der Waals surface area contributed by atoms with Crippen LogP contribution in [0.3, 0.4) is 0 Å². The van der Waals surface area contributed by atoms with Crippen molar-refractivity contribution >= 4 is 17.7 Å². The van der Waals surface area contributed by atoms with Crippen LogP contribution in [-0.4, -0.2) is 86.4 Å². The van der Waals surface area contributed by atoms with Gasteiger partial charge in [0.15, 0.2) is 0 Å². The lowest BCUT2D eigenvalue weighted by atomic mass is 9.95. The Bertz CT molecular complexity index is 1560.